The Hall–Kier alpha value is -2.29. The molecular weight excluding hydrogens is 509 g/mol. The quantitative estimate of drug-likeness (QED) is 0.448. The number of benzene rings is 2. The molecule has 1 N–H and O–H groups in total. The first kappa shape index (κ1) is 28.9. The van der Waals surface area contributed by atoms with Crippen LogP contribution in [0.4, 0.5) is 5.69 Å². The number of sulfonamides is 1. The van der Waals surface area contributed by atoms with Gasteiger partial charge in [-0.15, -0.1) is 0 Å². The van der Waals surface area contributed by atoms with Gasteiger partial charge in [0.25, 0.3) is 0 Å². The number of nitrogens with zero attached hydrogens (tertiary/aromatic N) is 2. The minimum Gasteiger partial charge on any atom is -0.354 e. The van der Waals surface area contributed by atoms with Crippen LogP contribution in [0.15, 0.2) is 42.5 Å². The van der Waals surface area contributed by atoms with E-state index in [1.165, 1.54) is 23.1 Å². The predicted molar refractivity (Wildman–Crippen MR) is 142 cm³/mol. The van der Waals surface area contributed by atoms with Crippen LogP contribution in [0.1, 0.15) is 38.3 Å². The molecule has 2 rings (SSSR count). The van der Waals surface area contributed by atoms with Gasteiger partial charge >= 0.3 is 0 Å². The van der Waals surface area contributed by atoms with Crippen molar-refractivity contribution in [3.8, 4) is 0 Å². The highest BCUT2D eigenvalue weighted by atomic mass is 35.5. The van der Waals surface area contributed by atoms with Crippen molar-refractivity contribution in [1.82, 2.24) is 10.2 Å². The highest BCUT2D eigenvalue weighted by Gasteiger charge is 2.32. The van der Waals surface area contributed by atoms with Gasteiger partial charge in [0.2, 0.25) is 21.8 Å². The minimum atomic E-state index is -3.85. The number of anilines is 1. The van der Waals surface area contributed by atoms with Crippen LogP contribution in [-0.4, -0.2) is 50.5 Å². The summed E-state index contributed by atoms with van der Waals surface area (Å²) in [5, 5.41) is 3.33. The molecule has 2 aromatic carbocycles. The van der Waals surface area contributed by atoms with E-state index in [0.717, 1.165) is 21.7 Å². The Morgan fingerprint density at radius 1 is 1.06 bits per heavy atom. The lowest BCUT2D eigenvalue weighted by Gasteiger charge is -2.33. The summed E-state index contributed by atoms with van der Waals surface area (Å²) >= 11 is 12.1. The molecule has 0 saturated heterocycles. The molecule has 0 aromatic heterocycles. The first-order valence-corrected chi connectivity index (χ1v) is 14.0. The SMILES string of the molecule is CCC(C(=O)NCC(C)C)N(Cc1cccc(C)c1)C(=O)CN(c1ccc(Cl)c(Cl)c1)S(C)(=O)=O. The molecule has 7 nitrogen and oxygen atoms in total. The van der Waals surface area contributed by atoms with E-state index in [9.17, 15) is 18.0 Å². The summed E-state index contributed by atoms with van der Waals surface area (Å²) in [6, 6.07) is 11.2. The second kappa shape index (κ2) is 12.6. The summed E-state index contributed by atoms with van der Waals surface area (Å²) in [4.78, 5) is 28.1. The molecule has 0 bridgehead atoms. The van der Waals surface area contributed by atoms with Gasteiger partial charge in [0.15, 0.2) is 0 Å². The predicted octanol–water partition coefficient (Wildman–Crippen LogP) is 4.65. The van der Waals surface area contributed by atoms with Crippen molar-refractivity contribution >= 4 is 50.7 Å². The van der Waals surface area contributed by atoms with Crippen molar-refractivity contribution in [2.45, 2.75) is 46.7 Å². The number of carbonyl (C=O) groups is 2. The van der Waals surface area contributed by atoms with Crippen LogP contribution in [0.2, 0.25) is 10.0 Å². The number of hydrogen-bond donors (Lipinski definition) is 1. The normalized spacial score (nSPS) is 12.3. The summed E-state index contributed by atoms with van der Waals surface area (Å²) in [5.41, 5.74) is 2.07. The van der Waals surface area contributed by atoms with Crippen LogP contribution in [0.3, 0.4) is 0 Å². The monoisotopic (exact) mass is 541 g/mol. The lowest BCUT2D eigenvalue weighted by Crippen LogP contribution is -2.52. The van der Waals surface area contributed by atoms with E-state index in [0.29, 0.717) is 13.0 Å². The van der Waals surface area contributed by atoms with Crippen LogP contribution < -0.4 is 9.62 Å². The van der Waals surface area contributed by atoms with Crippen molar-refractivity contribution < 1.29 is 18.0 Å². The number of rotatable bonds is 11. The number of amides is 2. The van der Waals surface area contributed by atoms with Crippen LogP contribution in [0, 0.1) is 12.8 Å². The third-order valence-corrected chi connectivity index (χ3v) is 7.26. The van der Waals surface area contributed by atoms with E-state index < -0.39 is 28.5 Å². The highest BCUT2D eigenvalue weighted by molar-refractivity contribution is 7.92. The third-order valence-electron chi connectivity index (χ3n) is 5.38. The number of carbonyl (C=O) groups excluding carboxylic acids is 2. The Morgan fingerprint density at radius 2 is 1.74 bits per heavy atom. The van der Waals surface area contributed by atoms with Crippen LogP contribution >= 0.6 is 23.2 Å². The molecule has 2 amide bonds. The van der Waals surface area contributed by atoms with Gasteiger partial charge in [-0.1, -0.05) is 73.8 Å². The maximum absolute atomic E-state index is 13.6. The number of halogens is 2. The maximum atomic E-state index is 13.6. The van der Waals surface area contributed by atoms with Crippen LogP contribution in [0.5, 0.6) is 0 Å². The number of hydrogen-bond acceptors (Lipinski definition) is 4. The van der Waals surface area contributed by atoms with Crippen molar-refractivity contribution in [2.75, 3.05) is 23.7 Å². The lowest BCUT2D eigenvalue weighted by molar-refractivity contribution is -0.140. The molecule has 10 heteroatoms. The average molecular weight is 543 g/mol. The zero-order valence-electron chi connectivity index (χ0n) is 20.7. The van der Waals surface area contributed by atoms with Gasteiger partial charge in [-0.05, 0) is 43.0 Å². The molecule has 1 atom stereocenters. The zero-order valence-corrected chi connectivity index (χ0v) is 23.0. The molecule has 0 fully saturated rings. The summed E-state index contributed by atoms with van der Waals surface area (Å²) in [5.74, 6) is -0.537. The van der Waals surface area contributed by atoms with Crippen molar-refractivity contribution in [3.63, 3.8) is 0 Å². The molecule has 192 valence electrons. The minimum absolute atomic E-state index is 0.160. The zero-order chi connectivity index (χ0) is 26.3. The Morgan fingerprint density at radius 3 is 2.29 bits per heavy atom. The topological polar surface area (TPSA) is 86.8 Å². The fraction of sp³-hybridized carbons (Fsp3) is 0.440. The maximum Gasteiger partial charge on any atom is 0.244 e. The van der Waals surface area contributed by atoms with Crippen molar-refractivity contribution in [2.24, 2.45) is 5.92 Å². The van der Waals surface area contributed by atoms with Gasteiger partial charge in [0.05, 0.1) is 22.0 Å². The average Bonchev–Trinajstić information content (AvgIpc) is 2.77. The fourth-order valence-corrected chi connectivity index (χ4v) is 4.74. The summed E-state index contributed by atoms with van der Waals surface area (Å²) in [6.07, 6.45) is 1.38. The Labute approximate surface area is 218 Å². The molecule has 2 aromatic rings. The molecule has 35 heavy (non-hydrogen) atoms. The summed E-state index contributed by atoms with van der Waals surface area (Å²) in [7, 11) is -3.85. The van der Waals surface area contributed by atoms with Gasteiger partial charge in [-0.3, -0.25) is 13.9 Å². The van der Waals surface area contributed by atoms with E-state index in [-0.39, 0.29) is 34.1 Å². The Balaban J connectivity index is 2.44. The molecule has 0 aliphatic heterocycles. The first-order valence-electron chi connectivity index (χ1n) is 11.4. The van der Waals surface area contributed by atoms with Gasteiger partial charge < -0.3 is 10.2 Å². The molecule has 0 spiro atoms. The van der Waals surface area contributed by atoms with Crippen molar-refractivity contribution in [1.29, 1.82) is 0 Å². The summed E-state index contributed by atoms with van der Waals surface area (Å²) < 4.78 is 26.3. The van der Waals surface area contributed by atoms with Gasteiger partial charge in [0, 0.05) is 13.1 Å². The molecule has 0 radical (unpaired) electrons. The lowest BCUT2D eigenvalue weighted by atomic mass is 10.1. The van der Waals surface area contributed by atoms with Gasteiger partial charge in [-0.2, -0.15) is 0 Å². The molecular formula is C25H33Cl2N3O4S. The standard InChI is InChI=1S/C25H33Cl2N3O4S/c1-6-23(25(32)28-14-17(2)3)29(15-19-9-7-8-18(4)12-19)24(31)16-30(35(5,33)34)20-10-11-21(26)22(27)13-20/h7-13,17,23H,6,14-16H2,1-5H3,(H,28,32). The van der Waals surface area contributed by atoms with E-state index in [4.69, 9.17) is 23.2 Å². The van der Waals surface area contributed by atoms with Crippen molar-refractivity contribution in [3.05, 3.63) is 63.6 Å². The van der Waals surface area contributed by atoms with E-state index in [2.05, 4.69) is 5.32 Å². The Kier molecular flexibility index (Phi) is 10.4. The second-order valence-electron chi connectivity index (χ2n) is 8.94. The van der Waals surface area contributed by atoms with E-state index in [1.54, 1.807) is 0 Å². The van der Waals surface area contributed by atoms with Crippen LogP contribution in [0.25, 0.3) is 0 Å². The molecule has 0 aliphatic rings. The second-order valence-corrected chi connectivity index (χ2v) is 11.7. The first-order chi connectivity index (χ1) is 16.3. The van der Waals surface area contributed by atoms with E-state index in [1.807, 2.05) is 52.0 Å². The highest BCUT2D eigenvalue weighted by Crippen LogP contribution is 2.28. The fourth-order valence-electron chi connectivity index (χ4n) is 3.60. The van der Waals surface area contributed by atoms with Crippen LogP contribution in [-0.2, 0) is 26.2 Å². The molecule has 1 unspecified atom stereocenters. The number of aryl methyl sites for hydroxylation is 1. The Bertz CT molecular complexity index is 1160. The van der Waals surface area contributed by atoms with Gasteiger partial charge in [-0.25, -0.2) is 8.42 Å². The van der Waals surface area contributed by atoms with E-state index >= 15 is 0 Å². The molecule has 0 heterocycles. The third kappa shape index (κ3) is 8.40. The largest absolute Gasteiger partial charge is 0.354 e. The number of nitrogens with one attached hydrogen (secondary N) is 1. The smallest absolute Gasteiger partial charge is 0.244 e. The molecule has 0 saturated carbocycles. The van der Waals surface area contributed by atoms with Gasteiger partial charge in [0.1, 0.15) is 12.6 Å². The summed E-state index contributed by atoms with van der Waals surface area (Å²) in [6.45, 7) is 7.88. The molecule has 0 aliphatic carbocycles.